The molecule has 2 aromatic rings. The fraction of sp³-hybridized carbons (Fsp3) is 0.444. The number of carbonyl (C=O) groups is 1. The second-order valence-corrected chi connectivity index (χ2v) is 5.60. The number of rotatable bonds is 9. The highest BCUT2D eigenvalue weighted by atomic mass is 16.5. The lowest BCUT2D eigenvalue weighted by molar-refractivity contribution is 0.0946. The van der Waals surface area contributed by atoms with E-state index < -0.39 is 0 Å². The van der Waals surface area contributed by atoms with Crippen LogP contribution in [0.2, 0.25) is 0 Å². The number of aryl methyl sites for hydroxylation is 1. The van der Waals surface area contributed by atoms with Gasteiger partial charge in [-0.25, -0.2) is 4.68 Å². The minimum Gasteiger partial charge on any atom is -0.471 e. The van der Waals surface area contributed by atoms with E-state index in [1.165, 1.54) is 12.8 Å². The molecule has 0 saturated carbocycles. The number of hydrogen-bond acceptors (Lipinski definition) is 3. The van der Waals surface area contributed by atoms with Gasteiger partial charge in [-0.05, 0) is 31.0 Å². The van der Waals surface area contributed by atoms with Gasteiger partial charge in [-0.1, -0.05) is 44.4 Å². The Morgan fingerprint density at radius 1 is 1.22 bits per heavy atom. The van der Waals surface area contributed by atoms with Crippen LogP contribution in [0.3, 0.4) is 0 Å². The molecule has 0 aliphatic rings. The van der Waals surface area contributed by atoms with Crippen LogP contribution < -0.4 is 10.1 Å². The molecule has 0 spiro atoms. The Balaban J connectivity index is 1.78. The van der Waals surface area contributed by atoms with Crippen molar-refractivity contribution < 1.29 is 9.53 Å². The lowest BCUT2D eigenvalue weighted by Gasteiger charge is -2.08. The second-order valence-electron chi connectivity index (χ2n) is 5.60. The molecule has 0 radical (unpaired) electrons. The summed E-state index contributed by atoms with van der Waals surface area (Å²) in [6.07, 6.45) is 6.32. The second kappa shape index (κ2) is 8.98. The topological polar surface area (TPSA) is 56.2 Å². The zero-order valence-electron chi connectivity index (χ0n) is 13.9. The molecule has 2 rings (SSSR count). The third-order valence-corrected chi connectivity index (χ3v) is 3.64. The van der Waals surface area contributed by atoms with Gasteiger partial charge in [0.05, 0.1) is 0 Å². The Labute approximate surface area is 137 Å². The number of aromatic nitrogens is 2. The van der Waals surface area contributed by atoms with Crippen molar-refractivity contribution in [1.29, 1.82) is 0 Å². The van der Waals surface area contributed by atoms with Gasteiger partial charge in [0, 0.05) is 12.7 Å². The maximum absolute atomic E-state index is 12.0. The third kappa shape index (κ3) is 5.43. The summed E-state index contributed by atoms with van der Waals surface area (Å²) < 4.78 is 7.33. The molecule has 0 atom stereocenters. The smallest absolute Gasteiger partial charge is 0.271 e. The first-order chi connectivity index (χ1) is 11.2. The third-order valence-electron chi connectivity index (χ3n) is 3.64. The number of para-hydroxylation sites is 1. The van der Waals surface area contributed by atoms with Gasteiger partial charge >= 0.3 is 0 Å². The van der Waals surface area contributed by atoms with E-state index in [1.807, 2.05) is 31.2 Å². The number of unbranched alkanes of at least 4 members (excludes halogenated alkanes) is 3. The zero-order chi connectivity index (χ0) is 16.5. The quantitative estimate of drug-likeness (QED) is 0.720. The molecule has 1 aromatic carbocycles. The van der Waals surface area contributed by atoms with E-state index in [2.05, 4.69) is 17.3 Å². The van der Waals surface area contributed by atoms with E-state index >= 15 is 0 Å². The van der Waals surface area contributed by atoms with Crippen molar-refractivity contribution in [3.63, 3.8) is 0 Å². The molecule has 0 unspecified atom stereocenters. The molecule has 5 heteroatoms. The van der Waals surface area contributed by atoms with Crippen LogP contribution >= 0.6 is 0 Å². The van der Waals surface area contributed by atoms with Crippen LogP contribution in [-0.2, 0) is 6.73 Å². The molecule has 0 fully saturated rings. The molecular weight excluding hydrogens is 290 g/mol. The summed E-state index contributed by atoms with van der Waals surface area (Å²) in [5, 5.41) is 7.15. The number of carbonyl (C=O) groups excluding carboxylic acids is 1. The summed E-state index contributed by atoms with van der Waals surface area (Å²) in [4.78, 5) is 12.0. The number of ether oxygens (including phenoxy) is 1. The maximum Gasteiger partial charge on any atom is 0.271 e. The minimum atomic E-state index is -0.129. The monoisotopic (exact) mass is 315 g/mol. The highest BCUT2D eigenvalue weighted by molar-refractivity contribution is 5.92. The first-order valence-corrected chi connectivity index (χ1v) is 8.20. The lowest BCUT2D eigenvalue weighted by Crippen LogP contribution is -2.25. The summed E-state index contributed by atoms with van der Waals surface area (Å²) in [6.45, 7) is 5.15. The summed E-state index contributed by atoms with van der Waals surface area (Å²) in [5.41, 5.74) is 1.50. The Morgan fingerprint density at radius 3 is 2.83 bits per heavy atom. The van der Waals surface area contributed by atoms with E-state index in [1.54, 1.807) is 16.9 Å². The number of nitrogens with one attached hydrogen (secondary N) is 1. The van der Waals surface area contributed by atoms with Gasteiger partial charge in [0.25, 0.3) is 5.91 Å². The van der Waals surface area contributed by atoms with Gasteiger partial charge in [0.2, 0.25) is 0 Å². The molecular formula is C18H25N3O2. The largest absolute Gasteiger partial charge is 0.471 e. The Bertz CT molecular complexity index is 622. The van der Waals surface area contributed by atoms with Gasteiger partial charge in [-0.15, -0.1) is 0 Å². The van der Waals surface area contributed by atoms with Crippen molar-refractivity contribution in [2.24, 2.45) is 0 Å². The first kappa shape index (κ1) is 17.1. The highest BCUT2D eigenvalue weighted by Gasteiger charge is 2.09. The van der Waals surface area contributed by atoms with Gasteiger partial charge < -0.3 is 10.1 Å². The zero-order valence-corrected chi connectivity index (χ0v) is 13.9. The molecule has 23 heavy (non-hydrogen) atoms. The van der Waals surface area contributed by atoms with Crippen molar-refractivity contribution in [3.8, 4) is 5.75 Å². The van der Waals surface area contributed by atoms with Crippen LogP contribution in [0.5, 0.6) is 5.75 Å². The van der Waals surface area contributed by atoms with E-state index in [0.717, 1.165) is 24.2 Å². The fourth-order valence-electron chi connectivity index (χ4n) is 2.25. The summed E-state index contributed by atoms with van der Waals surface area (Å²) in [5.74, 6) is 0.695. The number of hydrogen-bond donors (Lipinski definition) is 1. The normalized spacial score (nSPS) is 10.5. The Hall–Kier alpha value is -2.30. The maximum atomic E-state index is 12.0. The Morgan fingerprint density at radius 2 is 2.04 bits per heavy atom. The van der Waals surface area contributed by atoms with Crippen LogP contribution in [0, 0.1) is 6.92 Å². The van der Waals surface area contributed by atoms with Gasteiger partial charge in [0.1, 0.15) is 11.4 Å². The van der Waals surface area contributed by atoms with E-state index in [-0.39, 0.29) is 12.6 Å². The molecule has 5 nitrogen and oxygen atoms in total. The van der Waals surface area contributed by atoms with Crippen LogP contribution in [0.4, 0.5) is 0 Å². The van der Waals surface area contributed by atoms with Crippen LogP contribution in [-0.4, -0.2) is 22.2 Å². The van der Waals surface area contributed by atoms with Crippen molar-refractivity contribution >= 4 is 5.91 Å². The molecule has 0 bridgehead atoms. The molecule has 0 aliphatic carbocycles. The summed E-state index contributed by atoms with van der Waals surface area (Å²) in [7, 11) is 0. The first-order valence-electron chi connectivity index (χ1n) is 8.20. The van der Waals surface area contributed by atoms with Gasteiger partial charge in [-0.2, -0.15) is 5.10 Å². The molecule has 124 valence electrons. The van der Waals surface area contributed by atoms with Crippen LogP contribution in [0.1, 0.15) is 48.7 Å². The standard InChI is InChI=1S/C18H25N3O2/c1-3-4-5-8-12-19-18(22)16-11-13-21(20-16)14-23-17-10-7-6-9-15(17)2/h6-7,9-11,13H,3-5,8,12,14H2,1-2H3,(H,19,22). The predicted molar refractivity (Wildman–Crippen MR) is 90.5 cm³/mol. The average molecular weight is 315 g/mol. The van der Waals surface area contributed by atoms with Crippen molar-refractivity contribution in [2.45, 2.75) is 46.3 Å². The SMILES string of the molecule is CCCCCCNC(=O)c1ccn(COc2ccccc2C)n1. The fourth-order valence-corrected chi connectivity index (χ4v) is 2.25. The highest BCUT2D eigenvalue weighted by Crippen LogP contribution is 2.16. The minimum absolute atomic E-state index is 0.129. The molecule has 0 aliphatic heterocycles. The molecule has 1 N–H and O–H groups in total. The van der Waals surface area contributed by atoms with E-state index in [9.17, 15) is 4.79 Å². The number of nitrogens with zero attached hydrogens (tertiary/aromatic N) is 2. The van der Waals surface area contributed by atoms with Gasteiger partial charge in [0.15, 0.2) is 6.73 Å². The molecule has 1 heterocycles. The van der Waals surface area contributed by atoms with Crippen molar-refractivity contribution in [3.05, 3.63) is 47.8 Å². The number of amides is 1. The molecule has 1 amide bonds. The van der Waals surface area contributed by atoms with Crippen molar-refractivity contribution in [2.75, 3.05) is 6.54 Å². The lowest BCUT2D eigenvalue weighted by atomic mass is 10.2. The van der Waals surface area contributed by atoms with Crippen LogP contribution in [0.15, 0.2) is 36.5 Å². The van der Waals surface area contributed by atoms with E-state index in [0.29, 0.717) is 12.2 Å². The molecule has 1 aromatic heterocycles. The van der Waals surface area contributed by atoms with Gasteiger partial charge in [-0.3, -0.25) is 4.79 Å². The van der Waals surface area contributed by atoms with Crippen molar-refractivity contribution in [1.82, 2.24) is 15.1 Å². The van der Waals surface area contributed by atoms with Crippen LogP contribution in [0.25, 0.3) is 0 Å². The average Bonchev–Trinajstić information content (AvgIpc) is 3.03. The number of benzene rings is 1. The Kier molecular flexibility index (Phi) is 6.66. The summed E-state index contributed by atoms with van der Waals surface area (Å²) >= 11 is 0. The summed E-state index contributed by atoms with van der Waals surface area (Å²) in [6, 6.07) is 9.53. The van der Waals surface area contributed by atoms with E-state index in [4.69, 9.17) is 4.74 Å². The predicted octanol–water partition coefficient (Wildman–Crippen LogP) is 3.54. The molecule has 0 saturated heterocycles.